The molecule has 0 bridgehead atoms. The first-order valence-corrected chi connectivity index (χ1v) is 10.5. The summed E-state index contributed by atoms with van der Waals surface area (Å²) in [6.07, 6.45) is 5.42. The van der Waals surface area contributed by atoms with Crippen LogP contribution in [0.4, 0.5) is 0 Å². The molecule has 0 unspecified atom stereocenters. The molecule has 7 nitrogen and oxygen atoms in total. The number of nitrogens with zero attached hydrogens (tertiary/aromatic N) is 2. The Labute approximate surface area is 166 Å². The molecule has 9 heteroatoms. The number of carbonyl (C=O) groups excluding carboxylic acids is 1. The standard InChI is InChI=1S/C19H17N3O4S2/c1-3-10-22-16-9-8-15(28(20,24)25)11-17(16)27-19(22)21-18(23)12-26-14-6-4-13(2)5-7-14/h1,4-9,11H,10,12H2,2H3,(H2,20,24,25). The minimum Gasteiger partial charge on any atom is -0.484 e. The van der Waals surface area contributed by atoms with Crippen LogP contribution in [0.25, 0.3) is 10.2 Å². The monoisotopic (exact) mass is 415 g/mol. The Kier molecular flexibility index (Phi) is 5.65. The van der Waals surface area contributed by atoms with E-state index in [0.29, 0.717) is 20.8 Å². The second-order valence-electron chi connectivity index (χ2n) is 5.96. The van der Waals surface area contributed by atoms with Crippen LogP contribution in [0.2, 0.25) is 0 Å². The SMILES string of the molecule is C#CCn1c(=NC(=O)COc2ccc(C)cc2)sc2cc(S(N)(=O)=O)ccc21. The summed E-state index contributed by atoms with van der Waals surface area (Å²) in [5.74, 6) is 2.60. The molecule has 1 amide bonds. The Morgan fingerprint density at radius 2 is 2.00 bits per heavy atom. The predicted octanol–water partition coefficient (Wildman–Crippen LogP) is 1.80. The van der Waals surface area contributed by atoms with E-state index in [1.807, 2.05) is 19.1 Å². The molecule has 144 valence electrons. The van der Waals surface area contributed by atoms with Crippen molar-refractivity contribution in [3.8, 4) is 18.1 Å². The number of sulfonamides is 1. The van der Waals surface area contributed by atoms with Crippen molar-refractivity contribution in [2.24, 2.45) is 10.1 Å². The number of rotatable bonds is 5. The lowest BCUT2D eigenvalue weighted by molar-refractivity contribution is -0.120. The van der Waals surface area contributed by atoms with E-state index >= 15 is 0 Å². The van der Waals surface area contributed by atoms with E-state index in [2.05, 4.69) is 10.9 Å². The van der Waals surface area contributed by atoms with Crippen molar-refractivity contribution in [2.75, 3.05) is 6.61 Å². The summed E-state index contributed by atoms with van der Waals surface area (Å²) in [7, 11) is -3.84. The molecule has 1 heterocycles. The van der Waals surface area contributed by atoms with Gasteiger partial charge in [0.25, 0.3) is 5.91 Å². The summed E-state index contributed by atoms with van der Waals surface area (Å²) in [4.78, 5) is 16.7. The molecular formula is C19H17N3O4S2. The number of ether oxygens (including phenoxy) is 1. The van der Waals surface area contributed by atoms with Gasteiger partial charge in [-0.3, -0.25) is 4.79 Å². The van der Waals surface area contributed by atoms with Crippen LogP contribution in [0.15, 0.2) is 52.4 Å². The van der Waals surface area contributed by atoms with Crippen molar-refractivity contribution < 1.29 is 17.9 Å². The number of amides is 1. The molecule has 0 radical (unpaired) electrons. The molecule has 2 N–H and O–H groups in total. The fourth-order valence-electron chi connectivity index (χ4n) is 2.48. The van der Waals surface area contributed by atoms with Crippen molar-refractivity contribution in [3.05, 3.63) is 52.8 Å². The Bertz CT molecular complexity index is 1250. The molecule has 3 rings (SSSR count). The van der Waals surface area contributed by atoms with Crippen LogP contribution in [0.1, 0.15) is 5.56 Å². The number of hydrogen-bond donors (Lipinski definition) is 1. The first-order chi connectivity index (χ1) is 13.3. The van der Waals surface area contributed by atoms with E-state index in [4.69, 9.17) is 16.3 Å². The van der Waals surface area contributed by atoms with E-state index in [1.54, 1.807) is 22.8 Å². The minimum atomic E-state index is -3.84. The van der Waals surface area contributed by atoms with E-state index in [1.165, 1.54) is 12.1 Å². The number of benzene rings is 2. The van der Waals surface area contributed by atoms with Gasteiger partial charge in [-0.1, -0.05) is 35.0 Å². The third-order valence-corrected chi connectivity index (χ3v) is 5.79. The largest absolute Gasteiger partial charge is 0.484 e. The summed E-state index contributed by atoms with van der Waals surface area (Å²) in [5, 5.41) is 5.18. The quantitative estimate of drug-likeness (QED) is 0.642. The number of thiazole rings is 1. The van der Waals surface area contributed by atoms with Gasteiger partial charge in [0.1, 0.15) is 5.75 Å². The molecular weight excluding hydrogens is 398 g/mol. The number of carbonyl (C=O) groups is 1. The van der Waals surface area contributed by atoms with Crippen LogP contribution < -0.4 is 14.7 Å². The number of nitrogens with two attached hydrogens (primary N) is 1. The second-order valence-corrected chi connectivity index (χ2v) is 8.53. The molecule has 0 spiro atoms. The minimum absolute atomic E-state index is 0.0188. The molecule has 1 aromatic heterocycles. The number of aromatic nitrogens is 1. The third kappa shape index (κ3) is 4.48. The fraction of sp³-hybridized carbons (Fsp3) is 0.158. The zero-order valence-corrected chi connectivity index (χ0v) is 16.6. The third-order valence-electron chi connectivity index (χ3n) is 3.84. The molecule has 0 atom stereocenters. The van der Waals surface area contributed by atoms with Crippen molar-refractivity contribution >= 4 is 37.5 Å². The van der Waals surface area contributed by atoms with E-state index in [0.717, 1.165) is 16.9 Å². The Hall–Kier alpha value is -2.93. The van der Waals surface area contributed by atoms with Crippen molar-refractivity contribution in [3.63, 3.8) is 0 Å². The molecule has 0 saturated heterocycles. The average molecular weight is 415 g/mol. The molecule has 3 aromatic rings. The highest BCUT2D eigenvalue weighted by molar-refractivity contribution is 7.89. The van der Waals surface area contributed by atoms with Gasteiger partial charge in [-0.15, -0.1) is 6.42 Å². The van der Waals surface area contributed by atoms with E-state index < -0.39 is 15.9 Å². The first kappa shape index (κ1) is 19.8. The van der Waals surface area contributed by atoms with Crippen molar-refractivity contribution in [1.82, 2.24) is 4.57 Å². The van der Waals surface area contributed by atoms with Gasteiger partial charge in [-0.2, -0.15) is 4.99 Å². The van der Waals surface area contributed by atoms with E-state index in [9.17, 15) is 13.2 Å². The van der Waals surface area contributed by atoms with Crippen LogP contribution in [0.3, 0.4) is 0 Å². The van der Waals surface area contributed by atoms with Crippen LogP contribution in [0.5, 0.6) is 5.75 Å². The van der Waals surface area contributed by atoms with Crippen molar-refractivity contribution in [2.45, 2.75) is 18.4 Å². The highest BCUT2D eigenvalue weighted by Crippen LogP contribution is 2.21. The first-order valence-electron chi connectivity index (χ1n) is 8.14. The fourth-order valence-corrected chi connectivity index (χ4v) is 4.18. The topological polar surface area (TPSA) is 104 Å². The maximum atomic E-state index is 12.2. The zero-order chi connectivity index (χ0) is 20.3. The maximum absolute atomic E-state index is 12.2. The molecule has 28 heavy (non-hydrogen) atoms. The predicted molar refractivity (Wildman–Crippen MR) is 107 cm³/mol. The highest BCUT2D eigenvalue weighted by atomic mass is 32.2. The second kappa shape index (κ2) is 7.98. The van der Waals surface area contributed by atoms with Gasteiger partial charge in [0.15, 0.2) is 11.4 Å². The van der Waals surface area contributed by atoms with E-state index in [-0.39, 0.29) is 18.0 Å². The summed E-state index contributed by atoms with van der Waals surface area (Å²) < 4.78 is 30.8. The molecule has 0 saturated carbocycles. The Morgan fingerprint density at radius 3 is 2.64 bits per heavy atom. The van der Waals surface area contributed by atoms with Crippen LogP contribution in [-0.2, 0) is 21.4 Å². The van der Waals surface area contributed by atoms with Gasteiger partial charge < -0.3 is 9.30 Å². The van der Waals surface area contributed by atoms with Gasteiger partial charge in [-0.05, 0) is 37.3 Å². The van der Waals surface area contributed by atoms with Gasteiger partial charge >= 0.3 is 0 Å². The smallest absolute Gasteiger partial charge is 0.286 e. The normalized spacial score (nSPS) is 12.1. The summed E-state index contributed by atoms with van der Waals surface area (Å²) >= 11 is 1.15. The molecule has 0 aliphatic carbocycles. The summed E-state index contributed by atoms with van der Waals surface area (Å²) in [6, 6.07) is 11.7. The van der Waals surface area contributed by atoms with Crippen LogP contribution in [-0.4, -0.2) is 25.5 Å². The molecule has 2 aromatic carbocycles. The number of aryl methyl sites for hydroxylation is 1. The Balaban J connectivity index is 1.93. The summed E-state index contributed by atoms with van der Waals surface area (Å²) in [6.45, 7) is 1.91. The molecule has 0 fully saturated rings. The maximum Gasteiger partial charge on any atom is 0.286 e. The van der Waals surface area contributed by atoms with Gasteiger partial charge in [0, 0.05) is 0 Å². The highest BCUT2D eigenvalue weighted by Gasteiger charge is 2.13. The summed E-state index contributed by atoms with van der Waals surface area (Å²) in [5.41, 5.74) is 1.75. The zero-order valence-electron chi connectivity index (χ0n) is 15.0. The number of fused-ring (bicyclic) bond motifs is 1. The van der Waals surface area contributed by atoms with Crippen molar-refractivity contribution in [1.29, 1.82) is 0 Å². The van der Waals surface area contributed by atoms with Crippen LogP contribution >= 0.6 is 11.3 Å². The van der Waals surface area contributed by atoms with Gasteiger partial charge in [0.05, 0.1) is 21.7 Å². The lowest BCUT2D eigenvalue weighted by Crippen LogP contribution is -2.19. The number of hydrogen-bond acceptors (Lipinski definition) is 5. The lowest BCUT2D eigenvalue weighted by atomic mass is 10.2. The number of primary sulfonamides is 1. The Morgan fingerprint density at radius 1 is 1.29 bits per heavy atom. The lowest BCUT2D eigenvalue weighted by Gasteiger charge is -2.03. The molecule has 0 aliphatic heterocycles. The number of terminal acetylenes is 1. The molecule has 0 aliphatic rings. The average Bonchev–Trinajstić information content (AvgIpc) is 2.97. The van der Waals surface area contributed by atoms with Gasteiger partial charge in [0.2, 0.25) is 10.0 Å². The van der Waals surface area contributed by atoms with Crippen LogP contribution in [0, 0.1) is 19.3 Å². The van der Waals surface area contributed by atoms with Gasteiger partial charge in [-0.25, -0.2) is 13.6 Å².